The normalized spacial score (nSPS) is 12.7. The molecule has 0 spiro atoms. The Bertz CT molecular complexity index is 144. The SMILES string of the molecule is CCC(CO)OC(=O)NCC(C)C. The van der Waals surface area contributed by atoms with E-state index in [4.69, 9.17) is 9.84 Å². The van der Waals surface area contributed by atoms with Gasteiger partial charge in [-0.05, 0) is 12.3 Å². The fraction of sp³-hybridized carbons (Fsp3) is 0.889. The van der Waals surface area contributed by atoms with Crippen LogP contribution in [-0.4, -0.2) is 30.5 Å². The molecule has 4 heteroatoms. The minimum absolute atomic E-state index is 0.119. The number of nitrogens with one attached hydrogen (secondary N) is 1. The summed E-state index contributed by atoms with van der Waals surface area (Å²) in [5.41, 5.74) is 0. The standard InChI is InChI=1S/C9H19NO3/c1-4-8(6-11)13-9(12)10-5-7(2)3/h7-8,11H,4-6H2,1-3H3,(H,10,12). The molecule has 78 valence electrons. The highest BCUT2D eigenvalue weighted by Crippen LogP contribution is 1.97. The number of hydrogen-bond acceptors (Lipinski definition) is 3. The molecule has 0 heterocycles. The van der Waals surface area contributed by atoms with E-state index in [1.54, 1.807) is 0 Å². The number of ether oxygens (including phenoxy) is 1. The molecule has 0 aromatic heterocycles. The third kappa shape index (κ3) is 6.40. The Balaban J connectivity index is 3.60. The first-order valence-electron chi connectivity index (χ1n) is 4.65. The lowest BCUT2D eigenvalue weighted by Gasteiger charge is -2.14. The highest BCUT2D eigenvalue weighted by atomic mass is 16.6. The van der Waals surface area contributed by atoms with Crippen LogP contribution in [-0.2, 0) is 4.74 Å². The van der Waals surface area contributed by atoms with Crippen LogP contribution >= 0.6 is 0 Å². The lowest BCUT2D eigenvalue weighted by molar-refractivity contribution is 0.0551. The van der Waals surface area contributed by atoms with E-state index >= 15 is 0 Å². The van der Waals surface area contributed by atoms with E-state index in [0.29, 0.717) is 18.9 Å². The molecule has 0 radical (unpaired) electrons. The van der Waals surface area contributed by atoms with Gasteiger partial charge in [-0.15, -0.1) is 0 Å². The van der Waals surface area contributed by atoms with E-state index in [9.17, 15) is 4.79 Å². The summed E-state index contributed by atoms with van der Waals surface area (Å²) < 4.78 is 4.90. The van der Waals surface area contributed by atoms with Gasteiger partial charge in [-0.3, -0.25) is 0 Å². The van der Waals surface area contributed by atoms with Crippen LogP contribution in [0.3, 0.4) is 0 Å². The molecule has 4 nitrogen and oxygen atoms in total. The number of hydrogen-bond donors (Lipinski definition) is 2. The third-order valence-corrected chi connectivity index (χ3v) is 1.59. The molecule has 0 aliphatic rings. The van der Waals surface area contributed by atoms with E-state index in [2.05, 4.69) is 5.32 Å². The molecule has 0 saturated carbocycles. The van der Waals surface area contributed by atoms with Gasteiger partial charge in [-0.1, -0.05) is 20.8 Å². The predicted molar refractivity (Wildman–Crippen MR) is 50.5 cm³/mol. The van der Waals surface area contributed by atoms with E-state index in [1.807, 2.05) is 20.8 Å². The highest BCUT2D eigenvalue weighted by molar-refractivity contribution is 5.67. The van der Waals surface area contributed by atoms with Gasteiger partial charge in [0.2, 0.25) is 0 Å². The van der Waals surface area contributed by atoms with Crippen molar-refractivity contribution < 1.29 is 14.6 Å². The minimum Gasteiger partial charge on any atom is -0.444 e. The lowest BCUT2D eigenvalue weighted by atomic mass is 10.2. The molecule has 0 fully saturated rings. The molecule has 0 bridgehead atoms. The summed E-state index contributed by atoms with van der Waals surface area (Å²) in [6.45, 7) is 6.34. The van der Waals surface area contributed by atoms with E-state index < -0.39 is 6.09 Å². The van der Waals surface area contributed by atoms with Crippen molar-refractivity contribution in [1.29, 1.82) is 0 Å². The Morgan fingerprint density at radius 1 is 1.54 bits per heavy atom. The Morgan fingerprint density at radius 2 is 2.15 bits per heavy atom. The lowest BCUT2D eigenvalue weighted by Crippen LogP contribution is -2.32. The first-order valence-corrected chi connectivity index (χ1v) is 4.65. The summed E-state index contributed by atoms with van der Waals surface area (Å²) in [5, 5.41) is 11.4. The zero-order valence-corrected chi connectivity index (χ0v) is 8.54. The molecule has 0 saturated heterocycles. The number of carbonyl (C=O) groups is 1. The van der Waals surface area contributed by atoms with Crippen molar-refractivity contribution in [3.05, 3.63) is 0 Å². The maximum atomic E-state index is 11.0. The third-order valence-electron chi connectivity index (χ3n) is 1.59. The first kappa shape index (κ1) is 12.2. The number of alkyl carbamates (subject to hydrolysis) is 1. The van der Waals surface area contributed by atoms with Crippen LogP contribution in [0, 0.1) is 5.92 Å². The molecule has 0 aromatic carbocycles. The topological polar surface area (TPSA) is 58.6 Å². The fourth-order valence-electron chi connectivity index (χ4n) is 0.730. The summed E-state index contributed by atoms with van der Waals surface area (Å²) in [7, 11) is 0. The van der Waals surface area contributed by atoms with Gasteiger partial charge >= 0.3 is 6.09 Å². The maximum absolute atomic E-state index is 11.0. The van der Waals surface area contributed by atoms with Crippen LogP contribution in [0.25, 0.3) is 0 Å². The molecule has 0 aliphatic carbocycles. The minimum atomic E-state index is -0.449. The molecular formula is C9H19NO3. The maximum Gasteiger partial charge on any atom is 0.407 e. The Morgan fingerprint density at radius 3 is 2.54 bits per heavy atom. The molecule has 1 amide bonds. The van der Waals surface area contributed by atoms with Crippen LogP contribution in [0.1, 0.15) is 27.2 Å². The molecule has 0 aromatic rings. The van der Waals surface area contributed by atoms with Crippen LogP contribution < -0.4 is 5.32 Å². The van der Waals surface area contributed by atoms with Crippen molar-refractivity contribution in [1.82, 2.24) is 5.32 Å². The smallest absolute Gasteiger partial charge is 0.407 e. The second-order valence-corrected chi connectivity index (χ2v) is 3.39. The number of aliphatic hydroxyl groups is 1. The summed E-state index contributed by atoms with van der Waals surface area (Å²) in [6.07, 6.45) is -0.201. The van der Waals surface area contributed by atoms with Gasteiger partial charge in [0.05, 0.1) is 6.61 Å². The number of amides is 1. The van der Waals surface area contributed by atoms with E-state index in [0.717, 1.165) is 0 Å². The molecule has 13 heavy (non-hydrogen) atoms. The Labute approximate surface area is 79.3 Å². The van der Waals surface area contributed by atoms with Gasteiger partial charge < -0.3 is 15.2 Å². The zero-order chi connectivity index (χ0) is 10.3. The van der Waals surface area contributed by atoms with Crippen molar-refractivity contribution in [2.45, 2.75) is 33.3 Å². The van der Waals surface area contributed by atoms with Crippen LogP contribution in [0.4, 0.5) is 4.79 Å². The van der Waals surface area contributed by atoms with Crippen molar-refractivity contribution in [3.8, 4) is 0 Å². The molecule has 2 N–H and O–H groups in total. The molecule has 1 unspecified atom stereocenters. The second-order valence-electron chi connectivity index (χ2n) is 3.39. The molecule has 0 rings (SSSR count). The molecule has 0 aliphatic heterocycles. The average Bonchev–Trinajstić information content (AvgIpc) is 2.10. The summed E-state index contributed by atoms with van der Waals surface area (Å²) in [5.74, 6) is 0.404. The van der Waals surface area contributed by atoms with Crippen molar-refractivity contribution in [3.63, 3.8) is 0 Å². The largest absolute Gasteiger partial charge is 0.444 e. The van der Waals surface area contributed by atoms with E-state index in [-0.39, 0.29) is 12.7 Å². The van der Waals surface area contributed by atoms with Gasteiger partial charge in [0.1, 0.15) is 6.10 Å². The van der Waals surface area contributed by atoms with Crippen LogP contribution in [0.15, 0.2) is 0 Å². The quantitative estimate of drug-likeness (QED) is 0.681. The summed E-state index contributed by atoms with van der Waals surface area (Å²) in [6, 6.07) is 0. The van der Waals surface area contributed by atoms with Gasteiger partial charge in [-0.2, -0.15) is 0 Å². The molecular weight excluding hydrogens is 170 g/mol. The van der Waals surface area contributed by atoms with Gasteiger partial charge in [0, 0.05) is 6.54 Å². The van der Waals surface area contributed by atoms with E-state index in [1.165, 1.54) is 0 Å². The monoisotopic (exact) mass is 189 g/mol. The fourth-order valence-corrected chi connectivity index (χ4v) is 0.730. The predicted octanol–water partition coefficient (Wildman–Crippen LogP) is 1.14. The average molecular weight is 189 g/mol. The second kappa shape index (κ2) is 6.71. The summed E-state index contributed by atoms with van der Waals surface area (Å²) >= 11 is 0. The number of aliphatic hydroxyl groups excluding tert-OH is 1. The van der Waals surface area contributed by atoms with Gasteiger partial charge in [-0.25, -0.2) is 4.79 Å². The Kier molecular flexibility index (Phi) is 6.32. The van der Waals surface area contributed by atoms with Crippen LogP contribution in [0.2, 0.25) is 0 Å². The van der Waals surface area contributed by atoms with Crippen LogP contribution in [0.5, 0.6) is 0 Å². The van der Waals surface area contributed by atoms with Gasteiger partial charge in [0.25, 0.3) is 0 Å². The molecule has 1 atom stereocenters. The Hall–Kier alpha value is -0.770. The summed E-state index contributed by atoms with van der Waals surface area (Å²) in [4.78, 5) is 11.0. The number of carbonyl (C=O) groups excluding carboxylic acids is 1. The zero-order valence-electron chi connectivity index (χ0n) is 8.54. The van der Waals surface area contributed by atoms with Gasteiger partial charge in [0.15, 0.2) is 0 Å². The van der Waals surface area contributed by atoms with Crippen molar-refractivity contribution in [2.75, 3.05) is 13.2 Å². The highest BCUT2D eigenvalue weighted by Gasteiger charge is 2.10. The van der Waals surface area contributed by atoms with Crippen molar-refractivity contribution >= 4 is 6.09 Å². The van der Waals surface area contributed by atoms with Crippen molar-refractivity contribution in [2.24, 2.45) is 5.92 Å². The first-order chi connectivity index (χ1) is 6.10. The number of rotatable bonds is 5.